The summed E-state index contributed by atoms with van der Waals surface area (Å²) >= 11 is 10.9. The minimum absolute atomic E-state index is 0.271. The second kappa shape index (κ2) is 6.14. The molecule has 92 valence electrons. The van der Waals surface area contributed by atoms with Crippen molar-refractivity contribution in [1.29, 1.82) is 0 Å². The van der Waals surface area contributed by atoms with Crippen molar-refractivity contribution in [1.82, 2.24) is 10.3 Å². The summed E-state index contributed by atoms with van der Waals surface area (Å²) in [6.07, 6.45) is 4.07. The molecule has 0 amide bonds. The Kier molecular flexibility index (Phi) is 4.53. The fourth-order valence-electron chi connectivity index (χ4n) is 1.62. The molecule has 1 aliphatic rings. The van der Waals surface area contributed by atoms with Crippen LogP contribution in [0.1, 0.15) is 12.8 Å². The van der Waals surface area contributed by atoms with Crippen molar-refractivity contribution in [2.24, 2.45) is 0 Å². The second-order valence-corrected chi connectivity index (χ2v) is 4.68. The number of anilines is 1. The van der Waals surface area contributed by atoms with E-state index in [1.54, 1.807) is 18.3 Å². The lowest BCUT2D eigenvalue weighted by Crippen LogP contribution is -2.35. The van der Waals surface area contributed by atoms with Gasteiger partial charge < -0.3 is 15.4 Å². The third-order valence-electron chi connectivity index (χ3n) is 2.48. The standard InChI is InChI=1S/C11H14ClN3OS/c12-8-3-4-10(13-6-8)15-11(17)14-7-9-2-1-5-16-9/h3-4,6,9H,1-2,5,7H2,(H2,13,14,15,17)/t9-/m1/s1. The maximum absolute atomic E-state index is 5.74. The highest BCUT2D eigenvalue weighted by atomic mass is 35.5. The van der Waals surface area contributed by atoms with Gasteiger partial charge in [-0.15, -0.1) is 0 Å². The Morgan fingerprint density at radius 1 is 1.59 bits per heavy atom. The number of nitrogens with zero attached hydrogens (tertiary/aromatic N) is 1. The average molecular weight is 272 g/mol. The molecule has 0 radical (unpaired) electrons. The molecule has 1 saturated heterocycles. The number of pyridine rings is 1. The summed E-state index contributed by atoms with van der Waals surface area (Å²) in [6, 6.07) is 3.54. The van der Waals surface area contributed by atoms with E-state index in [9.17, 15) is 0 Å². The summed E-state index contributed by atoms with van der Waals surface area (Å²) in [4.78, 5) is 4.10. The zero-order chi connectivity index (χ0) is 12.1. The largest absolute Gasteiger partial charge is 0.376 e. The molecule has 1 atom stereocenters. The van der Waals surface area contributed by atoms with Gasteiger partial charge in [0.05, 0.1) is 11.1 Å². The van der Waals surface area contributed by atoms with Gasteiger partial charge in [0.25, 0.3) is 0 Å². The second-order valence-electron chi connectivity index (χ2n) is 3.83. The topological polar surface area (TPSA) is 46.2 Å². The molecule has 0 aromatic carbocycles. The first-order valence-corrected chi connectivity index (χ1v) is 6.30. The maximum Gasteiger partial charge on any atom is 0.172 e. The van der Waals surface area contributed by atoms with Crippen molar-refractivity contribution in [3.8, 4) is 0 Å². The molecule has 0 bridgehead atoms. The summed E-state index contributed by atoms with van der Waals surface area (Å²) in [6.45, 7) is 1.59. The normalized spacial score (nSPS) is 19.0. The molecule has 1 fully saturated rings. The third kappa shape index (κ3) is 4.11. The van der Waals surface area contributed by atoms with Gasteiger partial charge in [0.15, 0.2) is 5.11 Å². The van der Waals surface area contributed by atoms with E-state index in [4.69, 9.17) is 28.6 Å². The quantitative estimate of drug-likeness (QED) is 0.826. The van der Waals surface area contributed by atoms with Gasteiger partial charge in [0, 0.05) is 19.3 Å². The number of rotatable bonds is 3. The van der Waals surface area contributed by atoms with E-state index >= 15 is 0 Å². The molecule has 1 aromatic rings. The van der Waals surface area contributed by atoms with Crippen LogP contribution in [-0.4, -0.2) is 29.4 Å². The first-order valence-electron chi connectivity index (χ1n) is 5.52. The zero-order valence-electron chi connectivity index (χ0n) is 9.28. The molecular weight excluding hydrogens is 258 g/mol. The van der Waals surface area contributed by atoms with Crippen molar-refractivity contribution in [3.63, 3.8) is 0 Å². The average Bonchev–Trinajstić information content (AvgIpc) is 2.83. The van der Waals surface area contributed by atoms with Gasteiger partial charge in [0.1, 0.15) is 5.82 Å². The van der Waals surface area contributed by atoms with Crippen molar-refractivity contribution >= 4 is 34.7 Å². The minimum atomic E-state index is 0.271. The summed E-state index contributed by atoms with van der Waals surface area (Å²) < 4.78 is 5.49. The van der Waals surface area contributed by atoms with Crippen LogP contribution in [0, 0.1) is 0 Å². The Hall–Kier alpha value is -0.910. The van der Waals surface area contributed by atoms with Crippen molar-refractivity contribution in [2.75, 3.05) is 18.5 Å². The third-order valence-corrected chi connectivity index (χ3v) is 2.95. The molecule has 2 rings (SSSR count). The van der Waals surface area contributed by atoms with Gasteiger partial charge in [-0.1, -0.05) is 11.6 Å². The fraction of sp³-hybridized carbons (Fsp3) is 0.455. The number of hydrogen-bond donors (Lipinski definition) is 2. The number of thiocarbonyl (C=S) groups is 1. The smallest absolute Gasteiger partial charge is 0.172 e. The van der Waals surface area contributed by atoms with Crippen molar-refractivity contribution in [2.45, 2.75) is 18.9 Å². The van der Waals surface area contributed by atoms with E-state index in [1.807, 2.05) is 0 Å². The first kappa shape index (κ1) is 12.5. The Labute approximate surface area is 111 Å². The molecule has 17 heavy (non-hydrogen) atoms. The van der Waals surface area contributed by atoms with Gasteiger partial charge in [-0.3, -0.25) is 0 Å². The lowest BCUT2D eigenvalue weighted by Gasteiger charge is -2.13. The number of halogens is 1. The molecule has 1 aliphatic heterocycles. The van der Waals surface area contributed by atoms with E-state index in [-0.39, 0.29) is 6.10 Å². The molecule has 0 unspecified atom stereocenters. The molecule has 2 N–H and O–H groups in total. The number of nitrogens with one attached hydrogen (secondary N) is 2. The Balaban J connectivity index is 1.74. The van der Waals surface area contributed by atoms with Gasteiger partial charge in [-0.25, -0.2) is 4.98 Å². The van der Waals surface area contributed by atoms with Crippen molar-refractivity contribution in [3.05, 3.63) is 23.4 Å². The van der Waals surface area contributed by atoms with Crippen LogP contribution < -0.4 is 10.6 Å². The number of aromatic nitrogens is 1. The predicted molar refractivity (Wildman–Crippen MR) is 72.4 cm³/mol. The highest BCUT2D eigenvalue weighted by Crippen LogP contribution is 2.11. The van der Waals surface area contributed by atoms with Gasteiger partial charge in [0.2, 0.25) is 0 Å². The van der Waals surface area contributed by atoms with E-state index in [0.717, 1.165) is 26.0 Å². The first-order chi connectivity index (χ1) is 8.24. The monoisotopic (exact) mass is 271 g/mol. The van der Waals surface area contributed by atoms with Crippen LogP contribution in [0.3, 0.4) is 0 Å². The molecule has 4 nitrogen and oxygen atoms in total. The van der Waals surface area contributed by atoms with E-state index in [2.05, 4.69) is 15.6 Å². The van der Waals surface area contributed by atoms with Crippen molar-refractivity contribution < 1.29 is 4.74 Å². The summed E-state index contributed by atoms with van der Waals surface area (Å²) in [5, 5.41) is 7.25. The molecule has 6 heteroatoms. The lowest BCUT2D eigenvalue weighted by molar-refractivity contribution is 0.114. The number of ether oxygens (including phenoxy) is 1. The van der Waals surface area contributed by atoms with E-state index < -0.39 is 0 Å². The summed E-state index contributed by atoms with van der Waals surface area (Å²) in [5.41, 5.74) is 0. The summed E-state index contributed by atoms with van der Waals surface area (Å²) in [5.74, 6) is 0.680. The van der Waals surface area contributed by atoms with Gasteiger partial charge in [-0.05, 0) is 37.2 Å². The van der Waals surface area contributed by atoms with Crippen LogP contribution in [0.2, 0.25) is 5.02 Å². The van der Waals surface area contributed by atoms with E-state index in [0.29, 0.717) is 16.0 Å². The SMILES string of the molecule is S=C(NC[C@H]1CCCO1)Nc1ccc(Cl)cn1. The van der Waals surface area contributed by atoms with Gasteiger partial charge in [-0.2, -0.15) is 0 Å². The van der Waals surface area contributed by atoms with Gasteiger partial charge >= 0.3 is 0 Å². The van der Waals surface area contributed by atoms with E-state index in [1.165, 1.54) is 0 Å². The van der Waals surface area contributed by atoms with Crippen LogP contribution in [0.15, 0.2) is 18.3 Å². The highest BCUT2D eigenvalue weighted by molar-refractivity contribution is 7.80. The molecular formula is C11H14ClN3OS. The number of hydrogen-bond acceptors (Lipinski definition) is 3. The van der Waals surface area contributed by atoms with Crippen LogP contribution in [0.5, 0.6) is 0 Å². The van der Waals surface area contributed by atoms with Crippen LogP contribution in [0.25, 0.3) is 0 Å². The summed E-state index contributed by atoms with van der Waals surface area (Å²) in [7, 11) is 0. The lowest BCUT2D eigenvalue weighted by atomic mass is 10.2. The highest BCUT2D eigenvalue weighted by Gasteiger charge is 2.15. The predicted octanol–water partition coefficient (Wildman–Crippen LogP) is 2.20. The maximum atomic E-state index is 5.74. The Bertz CT molecular complexity index is 379. The molecule has 0 spiro atoms. The van der Waals surface area contributed by atoms with Crippen LogP contribution >= 0.6 is 23.8 Å². The molecule has 1 aromatic heterocycles. The van der Waals surface area contributed by atoms with Crippen LogP contribution in [0.4, 0.5) is 5.82 Å². The fourth-order valence-corrected chi connectivity index (χ4v) is 1.92. The molecule has 0 aliphatic carbocycles. The molecule has 0 saturated carbocycles. The van der Waals surface area contributed by atoms with Crippen LogP contribution in [-0.2, 0) is 4.74 Å². The Morgan fingerprint density at radius 2 is 2.47 bits per heavy atom. The Morgan fingerprint density at radius 3 is 3.12 bits per heavy atom. The minimum Gasteiger partial charge on any atom is -0.376 e. The molecule has 2 heterocycles. The zero-order valence-corrected chi connectivity index (χ0v) is 10.9.